The second-order valence-electron chi connectivity index (χ2n) is 6.43. The summed E-state index contributed by atoms with van der Waals surface area (Å²) in [5.74, 6) is 3.37. The molecule has 4 aromatic rings. The van der Waals surface area contributed by atoms with Crippen molar-refractivity contribution >= 4 is 21.7 Å². The Morgan fingerprint density at radius 3 is 2.38 bits per heavy atom. The molecule has 0 unspecified atom stereocenters. The molecule has 3 aromatic carbocycles. The van der Waals surface area contributed by atoms with Gasteiger partial charge in [0.15, 0.2) is 0 Å². The van der Waals surface area contributed by atoms with Gasteiger partial charge < -0.3 is 14.2 Å². The lowest BCUT2D eigenvalue weighted by molar-refractivity contribution is -0.632. The van der Waals surface area contributed by atoms with Crippen LogP contribution in [-0.4, -0.2) is 14.2 Å². The summed E-state index contributed by atoms with van der Waals surface area (Å²) < 4.78 is 19.3. The second kappa shape index (κ2) is 5.36. The van der Waals surface area contributed by atoms with E-state index in [2.05, 4.69) is 29.8 Å². The number of aromatic nitrogens is 1. The molecular formula is C22H18NO3+. The molecule has 0 fully saturated rings. The van der Waals surface area contributed by atoms with Gasteiger partial charge in [-0.05, 0) is 36.4 Å². The van der Waals surface area contributed by atoms with Gasteiger partial charge in [0.2, 0.25) is 11.2 Å². The zero-order valence-electron chi connectivity index (χ0n) is 14.9. The number of hydrogen-bond acceptors (Lipinski definition) is 3. The van der Waals surface area contributed by atoms with Crippen LogP contribution in [0.4, 0.5) is 0 Å². The standard InChI is InChI=1S/C22H18NO3/c1-23-18-9-7-13(24-2)11-16(18)15-5-4-6-20-21(15)22(23)17-12-14(25-3)8-10-19(17)26-20/h4-12H,1-3H3/q+1. The van der Waals surface area contributed by atoms with Crippen molar-refractivity contribution in [2.24, 2.45) is 7.05 Å². The molecule has 5 rings (SSSR count). The highest BCUT2D eigenvalue weighted by Crippen LogP contribution is 2.47. The number of hydrogen-bond donors (Lipinski definition) is 0. The number of pyridine rings is 1. The minimum absolute atomic E-state index is 0.815. The van der Waals surface area contributed by atoms with E-state index in [1.165, 1.54) is 0 Å². The van der Waals surface area contributed by atoms with Crippen molar-refractivity contribution in [3.05, 3.63) is 54.6 Å². The monoisotopic (exact) mass is 344 g/mol. The largest absolute Gasteiger partial charge is 0.497 e. The molecule has 128 valence electrons. The van der Waals surface area contributed by atoms with Gasteiger partial charge in [-0.1, -0.05) is 12.1 Å². The van der Waals surface area contributed by atoms with Crippen molar-refractivity contribution in [1.82, 2.24) is 0 Å². The quantitative estimate of drug-likeness (QED) is 0.346. The molecule has 0 bridgehead atoms. The Bertz CT molecular complexity index is 1200. The molecule has 0 saturated carbocycles. The van der Waals surface area contributed by atoms with E-state index >= 15 is 0 Å². The summed E-state index contributed by atoms with van der Waals surface area (Å²) in [6.07, 6.45) is 0. The van der Waals surface area contributed by atoms with Gasteiger partial charge in [0, 0.05) is 11.5 Å². The first-order valence-electron chi connectivity index (χ1n) is 8.50. The van der Waals surface area contributed by atoms with Crippen molar-refractivity contribution in [1.29, 1.82) is 0 Å². The molecule has 26 heavy (non-hydrogen) atoms. The summed E-state index contributed by atoms with van der Waals surface area (Å²) in [5, 5.41) is 3.40. The SMILES string of the molecule is COc1ccc2c(c1)-c1c3c(cccc3c3cc(OC)ccc3[n+]1C)O2. The summed E-state index contributed by atoms with van der Waals surface area (Å²) >= 11 is 0. The van der Waals surface area contributed by atoms with Crippen LogP contribution < -0.4 is 18.8 Å². The third-order valence-corrected chi connectivity index (χ3v) is 5.12. The number of nitrogens with zero attached hydrogens (tertiary/aromatic N) is 1. The Morgan fingerprint density at radius 2 is 1.58 bits per heavy atom. The van der Waals surface area contributed by atoms with Gasteiger partial charge in [-0.2, -0.15) is 4.57 Å². The van der Waals surface area contributed by atoms with Gasteiger partial charge >= 0.3 is 0 Å². The Labute approximate surface area is 151 Å². The average Bonchev–Trinajstić information content (AvgIpc) is 2.69. The molecule has 0 amide bonds. The van der Waals surface area contributed by atoms with Crippen molar-refractivity contribution in [2.45, 2.75) is 0 Å². The Kier molecular flexibility index (Phi) is 3.10. The minimum Gasteiger partial charge on any atom is -0.497 e. The van der Waals surface area contributed by atoms with Crippen LogP contribution >= 0.6 is 0 Å². The zero-order chi connectivity index (χ0) is 17.8. The average molecular weight is 344 g/mol. The second-order valence-corrected chi connectivity index (χ2v) is 6.43. The van der Waals surface area contributed by atoms with Gasteiger partial charge in [0.25, 0.3) is 0 Å². The van der Waals surface area contributed by atoms with Crippen LogP contribution in [0.25, 0.3) is 32.9 Å². The van der Waals surface area contributed by atoms with E-state index in [4.69, 9.17) is 14.2 Å². The summed E-state index contributed by atoms with van der Waals surface area (Å²) in [7, 11) is 5.47. The highest BCUT2D eigenvalue weighted by Gasteiger charge is 2.30. The molecule has 2 heterocycles. The molecule has 0 N–H and O–H groups in total. The van der Waals surface area contributed by atoms with Crippen LogP contribution in [0.1, 0.15) is 0 Å². The van der Waals surface area contributed by atoms with Gasteiger partial charge in [0.1, 0.15) is 30.0 Å². The van der Waals surface area contributed by atoms with Crippen molar-refractivity contribution < 1.29 is 18.8 Å². The van der Waals surface area contributed by atoms with Crippen LogP contribution in [0.15, 0.2) is 54.6 Å². The molecule has 0 saturated heterocycles. The number of methoxy groups -OCH3 is 2. The van der Waals surface area contributed by atoms with Crippen molar-refractivity contribution in [2.75, 3.05) is 14.2 Å². The number of fused-ring (bicyclic) bond motifs is 4. The summed E-state index contributed by atoms with van der Waals surface area (Å²) in [4.78, 5) is 0. The fourth-order valence-corrected chi connectivity index (χ4v) is 3.87. The molecule has 0 atom stereocenters. The first-order chi connectivity index (χ1) is 12.7. The minimum atomic E-state index is 0.815. The lowest BCUT2D eigenvalue weighted by Gasteiger charge is -2.20. The number of benzene rings is 3. The molecule has 0 aliphatic carbocycles. The Hall–Kier alpha value is -3.27. The molecule has 1 aromatic heterocycles. The van der Waals surface area contributed by atoms with E-state index in [-0.39, 0.29) is 0 Å². The van der Waals surface area contributed by atoms with E-state index in [0.717, 1.165) is 55.9 Å². The van der Waals surface area contributed by atoms with E-state index in [0.29, 0.717) is 0 Å². The van der Waals surface area contributed by atoms with Gasteiger partial charge in [-0.25, -0.2) is 0 Å². The summed E-state index contributed by atoms with van der Waals surface area (Å²) in [5.41, 5.74) is 3.31. The predicted octanol–water partition coefficient (Wildman–Crippen LogP) is 4.61. The van der Waals surface area contributed by atoms with Gasteiger partial charge in [-0.15, -0.1) is 0 Å². The van der Waals surface area contributed by atoms with Crippen LogP contribution in [0.3, 0.4) is 0 Å². The lowest BCUT2D eigenvalue weighted by Crippen LogP contribution is -2.33. The third-order valence-electron chi connectivity index (χ3n) is 5.12. The maximum absolute atomic E-state index is 6.21. The highest BCUT2D eigenvalue weighted by atomic mass is 16.5. The van der Waals surface area contributed by atoms with Crippen molar-refractivity contribution in [3.8, 4) is 34.3 Å². The van der Waals surface area contributed by atoms with E-state index in [1.54, 1.807) is 14.2 Å². The third kappa shape index (κ3) is 1.93. The van der Waals surface area contributed by atoms with Crippen LogP contribution in [-0.2, 0) is 7.05 Å². The maximum Gasteiger partial charge on any atom is 0.228 e. The van der Waals surface area contributed by atoms with Gasteiger partial charge in [0.05, 0.1) is 30.6 Å². The first-order valence-corrected chi connectivity index (χ1v) is 8.50. The molecule has 0 radical (unpaired) electrons. The molecule has 0 spiro atoms. The van der Waals surface area contributed by atoms with E-state index < -0.39 is 0 Å². The number of aryl methyl sites for hydroxylation is 1. The molecule has 1 aliphatic rings. The predicted molar refractivity (Wildman–Crippen MR) is 101 cm³/mol. The van der Waals surface area contributed by atoms with Crippen LogP contribution in [0.2, 0.25) is 0 Å². The smallest absolute Gasteiger partial charge is 0.228 e. The fourth-order valence-electron chi connectivity index (χ4n) is 3.87. The zero-order valence-corrected chi connectivity index (χ0v) is 14.9. The van der Waals surface area contributed by atoms with E-state index in [1.807, 2.05) is 36.4 Å². The fraction of sp³-hybridized carbons (Fsp3) is 0.136. The number of ether oxygens (including phenoxy) is 3. The normalized spacial score (nSPS) is 12.0. The van der Waals surface area contributed by atoms with Crippen LogP contribution in [0.5, 0.6) is 23.0 Å². The molecule has 4 nitrogen and oxygen atoms in total. The van der Waals surface area contributed by atoms with E-state index in [9.17, 15) is 0 Å². The van der Waals surface area contributed by atoms with Gasteiger partial charge in [-0.3, -0.25) is 0 Å². The Morgan fingerprint density at radius 1 is 0.808 bits per heavy atom. The lowest BCUT2D eigenvalue weighted by atomic mass is 9.96. The summed E-state index contributed by atoms with van der Waals surface area (Å²) in [6, 6.07) is 18.3. The van der Waals surface area contributed by atoms with Crippen molar-refractivity contribution in [3.63, 3.8) is 0 Å². The maximum atomic E-state index is 6.21. The molecular weight excluding hydrogens is 326 g/mol. The summed E-state index contributed by atoms with van der Waals surface area (Å²) in [6.45, 7) is 0. The highest BCUT2D eigenvalue weighted by molar-refractivity contribution is 6.12. The van der Waals surface area contributed by atoms with Crippen LogP contribution in [0, 0.1) is 0 Å². The molecule has 4 heteroatoms. The number of rotatable bonds is 2. The first kappa shape index (κ1) is 15.0. The molecule has 1 aliphatic heterocycles. The Balaban J connectivity index is 1.99. The topological polar surface area (TPSA) is 31.6 Å².